The molecule has 0 saturated heterocycles. The number of aliphatic hydroxyl groups is 1. The first-order valence-corrected chi connectivity index (χ1v) is 6.39. The van der Waals surface area contributed by atoms with Crippen LogP contribution in [0.15, 0.2) is 18.2 Å². The van der Waals surface area contributed by atoms with Crippen molar-refractivity contribution in [3.05, 3.63) is 29.8 Å². The molecule has 1 rings (SSSR count). The fraction of sp³-hybridized carbons (Fsp3) is 0.571. The van der Waals surface area contributed by atoms with Gasteiger partial charge in [-0.2, -0.15) is 4.39 Å². The molecule has 108 valence electrons. The van der Waals surface area contributed by atoms with Crippen LogP contribution in [0.2, 0.25) is 0 Å². The number of rotatable bonds is 8. The number of nitrogens with one attached hydrogen (secondary N) is 1. The molecule has 19 heavy (non-hydrogen) atoms. The van der Waals surface area contributed by atoms with E-state index in [-0.39, 0.29) is 17.9 Å². The Morgan fingerprint density at radius 3 is 2.68 bits per heavy atom. The van der Waals surface area contributed by atoms with Gasteiger partial charge in [0.05, 0.1) is 13.2 Å². The molecule has 0 radical (unpaired) electrons. The Hall–Kier alpha value is -1.20. The van der Waals surface area contributed by atoms with Gasteiger partial charge in [0, 0.05) is 5.54 Å². The van der Waals surface area contributed by atoms with Gasteiger partial charge in [0.15, 0.2) is 11.6 Å². The topological polar surface area (TPSA) is 41.5 Å². The minimum Gasteiger partial charge on any atom is -0.490 e. The molecule has 0 spiro atoms. The van der Waals surface area contributed by atoms with Crippen LogP contribution in [-0.4, -0.2) is 30.9 Å². The average molecular weight is 273 g/mol. The molecule has 1 aromatic carbocycles. The molecule has 0 aliphatic rings. The molecular weight excluding hydrogens is 252 g/mol. The normalized spacial score (nSPS) is 14.2. The molecule has 0 fully saturated rings. The Morgan fingerprint density at radius 1 is 1.32 bits per heavy atom. The molecule has 2 N–H and O–H groups in total. The van der Waals surface area contributed by atoms with Crippen molar-refractivity contribution in [2.45, 2.75) is 31.7 Å². The van der Waals surface area contributed by atoms with Gasteiger partial charge in [-0.05, 0) is 45.4 Å². The van der Waals surface area contributed by atoms with Crippen LogP contribution in [0.1, 0.15) is 26.2 Å². The van der Waals surface area contributed by atoms with E-state index in [0.29, 0.717) is 13.0 Å². The summed E-state index contributed by atoms with van der Waals surface area (Å²) in [6.07, 6.45) is 2.33. The molecule has 0 bridgehead atoms. The maximum absolute atomic E-state index is 13.3. The summed E-state index contributed by atoms with van der Waals surface area (Å²) >= 11 is 0. The van der Waals surface area contributed by atoms with Crippen LogP contribution in [-0.2, 0) is 0 Å². The molecule has 0 amide bonds. The number of hydrogen-bond acceptors (Lipinski definition) is 3. The third kappa shape index (κ3) is 4.76. The first-order chi connectivity index (χ1) is 9.02. The lowest BCUT2D eigenvalue weighted by Crippen LogP contribution is -2.43. The van der Waals surface area contributed by atoms with Crippen LogP contribution in [0.25, 0.3) is 0 Å². The van der Waals surface area contributed by atoms with Crippen LogP contribution >= 0.6 is 0 Å². The lowest BCUT2D eigenvalue weighted by Gasteiger charge is -2.26. The van der Waals surface area contributed by atoms with Crippen LogP contribution in [0, 0.1) is 11.6 Å². The van der Waals surface area contributed by atoms with E-state index in [9.17, 15) is 13.9 Å². The summed E-state index contributed by atoms with van der Waals surface area (Å²) in [5.41, 5.74) is -0.301. The minimum atomic E-state index is -0.946. The van der Waals surface area contributed by atoms with E-state index in [1.54, 1.807) is 7.05 Å². The molecule has 0 aliphatic carbocycles. The second-order valence-electron chi connectivity index (χ2n) is 4.83. The fourth-order valence-electron chi connectivity index (χ4n) is 1.68. The van der Waals surface area contributed by atoms with Gasteiger partial charge in [-0.15, -0.1) is 0 Å². The maximum atomic E-state index is 13.3. The summed E-state index contributed by atoms with van der Waals surface area (Å²) in [4.78, 5) is 0. The highest BCUT2D eigenvalue weighted by Gasteiger charge is 2.19. The highest BCUT2D eigenvalue weighted by atomic mass is 19.2. The monoisotopic (exact) mass is 273 g/mol. The van der Waals surface area contributed by atoms with Crippen molar-refractivity contribution in [1.82, 2.24) is 5.32 Å². The highest BCUT2D eigenvalue weighted by molar-refractivity contribution is 5.24. The smallest absolute Gasteiger partial charge is 0.200 e. The zero-order valence-electron chi connectivity index (χ0n) is 11.4. The van der Waals surface area contributed by atoms with Crippen LogP contribution in [0.3, 0.4) is 0 Å². The maximum Gasteiger partial charge on any atom is 0.200 e. The molecule has 0 heterocycles. The molecule has 1 atom stereocenters. The second kappa shape index (κ2) is 7.40. The molecule has 1 aromatic rings. The van der Waals surface area contributed by atoms with E-state index < -0.39 is 11.6 Å². The Balaban J connectivity index is 2.30. The van der Waals surface area contributed by atoms with Crippen molar-refractivity contribution in [3.8, 4) is 5.75 Å². The van der Waals surface area contributed by atoms with E-state index in [1.165, 1.54) is 12.1 Å². The summed E-state index contributed by atoms with van der Waals surface area (Å²) in [7, 11) is 1.80. The van der Waals surface area contributed by atoms with Crippen molar-refractivity contribution >= 4 is 0 Å². The van der Waals surface area contributed by atoms with Crippen LogP contribution in [0.4, 0.5) is 8.78 Å². The molecule has 3 nitrogen and oxygen atoms in total. The quantitative estimate of drug-likeness (QED) is 0.715. The van der Waals surface area contributed by atoms with Crippen molar-refractivity contribution in [2.24, 2.45) is 0 Å². The van der Waals surface area contributed by atoms with Crippen molar-refractivity contribution in [2.75, 3.05) is 20.3 Å². The van der Waals surface area contributed by atoms with Gasteiger partial charge in [-0.25, -0.2) is 4.39 Å². The number of aliphatic hydroxyl groups excluding tert-OH is 1. The Labute approximate surface area is 112 Å². The summed E-state index contributed by atoms with van der Waals surface area (Å²) in [5, 5.41) is 12.3. The molecule has 5 heteroatoms. The lowest BCUT2D eigenvalue weighted by molar-refractivity contribution is 0.168. The van der Waals surface area contributed by atoms with E-state index in [0.717, 1.165) is 18.9 Å². The fourth-order valence-corrected chi connectivity index (χ4v) is 1.68. The van der Waals surface area contributed by atoms with Gasteiger partial charge in [0.2, 0.25) is 5.82 Å². The summed E-state index contributed by atoms with van der Waals surface area (Å²) in [6.45, 7) is 2.31. The van der Waals surface area contributed by atoms with Gasteiger partial charge >= 0.3 is 0 Å². The third-order valence-corrected chi connectivity index (χ3v) is 3.25. The number of benzene rings is 1. The third-order valence-electron chi connectivity index (χ3n) is 3.25. The van der Waals surface area contributed by atoms with E-state index in [1.807, 2.05) is 6.92 Å². The Kier molecular flexibility index (Phi) is 6.18. The zero-order valence-corrected chi connectivity index (χ0v) is 11.4. The summed E-state index contributed by atoms with van der Waals surface area (Å²) < 4.78 is 31.4. The van der Waals surface area contributed by atoms with Crippen molar-refractivity contribution < 1.29 is 18.6 Å². The van der Waals surface area contributed by atoms with Crippen LogP contribution < -0.4 is 10.1 Å². The molecule has 0 aliphatic heterocycles. The number of ether oxygens (including phenoxy) is 1. The molecule has 0 aromatic heterocycles. The largest absolute Gasteiger partial charge is 0.490 e. The van der Waals surface area contributed by atoms with Crippen molar-refractivity contribution in [3.63, 3.8) is 0 Å². The minimum absolute atomic E-state index is 0.0569. The first-order valence-electron chi connectivity index (χ1n) is 6.39. The first kappa shape index (κ1) is 15.9. The van der Waals surface area contributed by atoms with Crippen LogP contribution in [0.5, 0.6) is 5.75 Å². The second-order valence-corrected chi connectivity index (χ2v) is 4.83. The lowest BCUT2D eigenvalue weighted by atomic mass is 9.96. The predicted octanol–water partition coefficient (Wildman–Crippen LogP) is 2.48. The average Bonchev–Trinajstić information content (AvgIpc) is 2.42. The number of likely N-dealkylation sites (N-methyl/N-ethyl adjacent to an activating group) is 1. The van der Waals surface area contributed by atoms with Gasteiger partial charge in [0.25, 0.3) is 0 Å². The number of halogens is 2. The standard InChI is InChI=1S/C14H21F2NO2/c1-14(10-18,17-2)8-3-4-9-19-12-7-5-6-11(15)13(12)16/h5-7,17-18H,3-4,8-10H2,1-2H3. The molecular formula is C14H21F2NO2. The van der Waals surface area contributed by atoms with E-state index in [2.05, 4.69) is 5.32 Å². The summed E-state index contributed by atoms with van der Waals surface area (Å²) in [6, 6.07) is 3.88. The highest BCUT2D eigenvalue weighted by Crippen LogP contribution is 2.20. The number of hydrogen-bond donors (Lipinski definition) is 2. The summed E-state index contributed by atoms with van der Waals surface area (Å²) in [5.74, 6) is -1.91. The number of unbranched alkanes of at least 4 members (excludes halogenated alkanes) is 1. The predicted molar refractivity (Wildman–Crippen MR) is 70.3 cm³/mol. The van der Waals surface area contributed by atoms with Gasteiger partial charge < -0.3 is 15.2 Å². The van der Waals surface area contributed by atoms with Gasteiger partial charge in [-0.3, -0.25) is 0 Å². The van der Waals surface area contributed by atoms with Gasteiger partial charge in [-0.1, -0.05) is 6.07 Å². The van der Waals surface area contributed by atoms with E-state index in [4.69, 9.17) is 4.74 Å². The van der Waals surface area contributed by atoms with Gasteiger partial charge in [0.1, 0.15) is 0 Å². The molecule has 0 saturated carbocycles. The zero-order chi connectivity index (χ0) is 14.3. The Morgan fingerprint density at radius 2 is 2.05 bits per heavy atom. The van der Waals surface area contributed by atoms with E-state index >= 15 is 0 Å². The molecule has 1 unspecified atom stereocenters. The SMILES string of the molecule is CNC(C)(CO)CCCCOc1cccc(F)c1F. The Bertz CT molecular complexity index is 395. The van der Waals surface area contributed by atoms with Crippen molar-refractivity contribution in [1.29, 1.82) is 0 Å².